The van der Waals surface area contributed by atoms with Crippen LogP contribution >= 0.6 is 7.82 Å². The molecule has 0 heterocycles. The van der Waals surface area contributed by atoms with Gasteiger partial charge in [-0.25, -0.2) is 0 Å². The number of benzene rings is 3. The highest BCUT2D eigenvalue weighted by Crippen LogP contribution is 2.40. The number of hydrogen-bond donors (Lipinski definition) is 1. The fraction of sp³-hybridized carbons (Fsp3) is 0.250. The molecule has 3 aromatic carbocycles. The van der Waals surface area contributed by atoms with Crippen LogP contribution < -0.4 is 9.63 Å². The first-order valence-corrected chi connectivity index (χ1v) is 11.5. The summed E-state index contributed by atoms with van der Waals surface area (Å²) in [5.41, 5.74) is 4.48. The molecule has 0 aliphatic heterocycles. The Morgan fingerprint density at radius 1 is 0.871 bits per heavy atom. The Morgan fingerprint density at radius 3 is 2.19 bits per heavy atom. The minimum absolute atomic E-state index is 0.00373. The topological polar surface area (TPSA) is 88.1 Å². The van der Waals surface area contributed by atoms with Gasteiger partial charge in [-0.2, -0.15) is 0 Å². The smallest absolute Gasteiger partial charge is 0.268 e. The van der Waals surface area contributed by atoms with Crippen LogP contribution in [0.5, 0.6) is 5.75 Å². The molecule has 3 aromatic rings. The van der Waals surface area contributed by atoms with Crippen molar-refractivity contribution in [1.82, 2.24) is 0 Å². The van der Waals surface area contributed by atoms with E-state index in [-0.39, 0.29) is 13.2 Å². The third-order valence-corrected chi connectivity index (χ3v) is 5.55. The number of phosphoric acid groups is 1. The summed E-state index contributed by atoms with van der Waals surface area (Å²) in [6, 6.07) is 22.8. The van der Waals surface area contributed by atoms with Crippen molar-refractivity contribution in [1.29, 1.82) is 0 Å². The average Bonchev–Trinajstić information content (AvgIpc) is 2.76. The molecule has 7 heteroatoms. The van der Waals surface area contributed by atoms with E-state index in [4.69, 9.17) is 13.8 Å². The monoisotopic (exact) mass is 441 g/mol. The molecule has 1 atom stereocenters. The number of hydrogen-bond acceptors (Lipinski definition) is 6. The molecular formula is C24H26O6P-. The molecule has 3 rings (SSSR count). The zero-order valence-electron chi connectivity index (χ0n) is 17.6. The van der Waals surface area contributed by atoms with E-state index >= 15 is 0 Å². The number of aliphatic hydroxyl groups is 1. The minimum Gasteiger partial charge on any atom is -0.756 e. The van der Waals surface area contributed by atoms with Gasteiger partial charge in [0.1, 0.15) is 12.4 Å². The SMILES string of the molecule is CC(C)OP(=O)([O-])OCc1cccc(-c2ccc(OCc3cccc(CO)c3)cc2)c1. The molecule has 0 saturated heterocycles. The quantitative estimate of drug-likeness (QED) is 0.453. The van der Waals surface area contributed by atoms with Gasteiger partial charge in [-0.1, -0.05) is 54.6 Å². The number of ether oxygens (including phenoxy) is 1. The van der Waals surface area contributed by atoms with Crippen LogP contribution in [0.25, 0.3) is 11.1 Å². The van der Waals surface area contributed by atoms with E-state index in [0.717, 1.165) is 33.6 Å². The average molecular weight is 441 g/mol. The van der Waals surface area contributed by atoms with Gasteiger partial charge < -0.3 is 23.8 Å². The summed E-state index contributed by atoms with van der Waals surface area (Å²) >= 11 is 0. The standard InChI is InChI=1S/C24H27O6P/c1-18(2)30-31(26,27)29-17-21-7-4-8-23(14-21)22-9-11-24(12-10-22)28-16-20-6-3-5-19(13-20)15-25/h3-14,18,25H,15-17H2,1-2H3,(H,26,27)/p-1. The number of aliphatic hydroxyl groups excluding tert-OH is 1. The van der Waals surface area contributed by atoms with Crippen molar-refractivity contribution in [2.45, 2.75) is 39.8 Å². The predicted molar refractivity (Wildman–Crippen MR) is 117 cm³/mol. The zero-order chi connectivity index (χ0) is 22.3. The highest BCUT2D eigenvalue weighted by atomic mass is 31.2. The normalized spacial score (nSPS) is 13.2. The van der Waals surface area contributed by atoms with E-state index in [1.807, 2.05) is 66.7 Å². The van der Waals surface area contributed by atoms with Gasteiger partial charge in [0.05, 0.1) is 19.3 Å². The summed E-state index contributed by atoms with van der Waals surface area (Å²) in [5.74, 6) is 0.732. The largest absolute Gasteiger partial charge is 0.756 e. The Kier molecular flexibility index (Phi) is 8.02. The molecule has 0 saturated carbocycles. The molecule has 164 valence electrons. The van der Waals surface area contributed by atoms with Crippen LogP contribution in [0.2, 0.25) is 0 Å². The Balaban J connectivity index is 1.61. The first kappa shape index (κ1) is 23.2. The maximum Gasteiger partial charge on any atom is 0.268 e. The molecule has 1 unspecified atom stereocenters. The lowest BCUT2D eigenvalue weighted by Crippen LogP contribution is -2.12. The van der Waals surface area contributed by atoms with E-state index in [1.165, 1.54) is 0 Å². The van der Waals surface area contributed by atoms with Crippen LogP contribution in [0, 0.1) is 0 Å². The summed E-state index contributed by atoms with van der Waals surface area (Å²) in [5, 5.41) is 9.23. The summed E-state index contributed by atoms with van der Waals surface area (Å²) < 4.78 is 27.4. The number of rotatable bonds is 10. The van der Waals surface area contributed by atoms with Crippen LogP contribution in [0.3, 0.4) is 0 Å². The van der Waals surface area contributed by atoms with Crippen molar-refractivity contribution in [2.75, 3.05) is 0 Å². The van der Waals surface area contributed by atoms with E-state index in [2.05, 4.69) is 0 Å². The maximum absolute atomic E-state index is 11.8. The lowest BCUT2D eigenvalue weighted by Gasteiger charge is -2.24. The Morgan fingerprint density at radius 2 is 1.52 bits per heavy atom. The Hall–Kier alpha value is -2.47. The van der Waals surface area contributed by atoms with Gasteiger partial charge in [-0.3, -0.25) is 4.57 Å². The van der Waals surface area contributed by atoms with Crippen molar-refractivity contribution in [3.05, 3.63) is 89.5 Å². The third kappa shape index (κ3) is 7.31. The van der Waals surface area contributed by atoms with E-state index < -0.39 is 13.9 Å². The zero-order valence-corrected chi connectivity index (χ0v) is 18.5. The van der Waals surface area contributed by atoms with Crippen LogP contribution in [0.4, 0.5) is 0 Å². The lowest BCUT2D eigenvalue weighted by atomic mass is 10.0. The summed E-state index contributed by atoms with van der Waals surface area (Å²) in [6.07, 6.45) is -0.464. The first-order valence-electron chi connectivity index (χ1n) is 9.99. The molecule has 31 heavy (non-hydrogen) atoms. The van der Waals surface area contributed by atoms with Crippen LogP contribution in [-0.2, 0) is 33.4 Å². The summed E-state index contributed by atoms with van der Waals surface area (Å²) in [6.45, 7) is 3.59. The van der Waals surface area contributed by atoms with Crippen molar-refractivity contribution in [3.63, 3.8) is 0 Å². The molecule has 0 aliphatic carbocycles. The molecular weight excluding hydrogens is 415 g/mol. The molecule has 0 aliphatic rings. The van der Waals surface area contributed by atoms with Crippen molar-refractivity contribution in [2.24, 2.45) is 0 Å². The minimum atomic E-state index is -4.33. The van der Waals surface area contributed by atoms with Crippen LogP contribution in [0.15, 0.2) is 72.8 Å². The Labute approximate surface area is 182 Å². The van der Waals surface area contributed by atoms with Gasteiger partial charge in [-0.05, 0) is 59.9 Å². The van der Waals surface area contributed by atoms with Crippen molar-refractivity contribution >= 4 is 7.82 Å². The summed E-state index contributed by atoms with van der Waals surface area (Å²) in [4.78, 5) is 11.8. The highest BCUT2D eigenvalue weighted by molar-refractivity contribution is 7.45. The highest BCUT2D eigenvalue weighted by Gasteiger charge is 2.12. The molecule has 0 amide bonds. The van der Waals surface area contributed by atoms with Gasteiger partial charge in [-0.15, -0.1) is 0 Å². The van der Waals surface area contributed by atoms with Gasteiger partial charge in [0, 0.05) is 0 Å². The molecule has 0 aromatic heterocycles. The van der Waals surface area contributed by atoms with Gasteiger partial charge in [0.15, 0.2) is 0 Å². The van der Waals surface area contributed by atoms with Crippen LogP contribution in [-0.4, -0.2) is 11.2 Å². The second-order valence-corrected chi connectivity index (χ2v) is 8.73. The van der Waals surface area contributed by atoms with E-state index in [0.29, 0.717) is 6.61 Å². The van der Waals surface area contributed by atoms with E-state index in [1.54, 1.807) is 19.9 Å². The molecule has 0 spiro atoms. The fourth-order valence-electron chi connectivity index (χ4n) is 3.01. The Bertz CT molecular complexity index is 1030. The van der Waals surface area contributed by atoms with Gasteiger partial charge in [0.2, 0.25) is 0 Å². The second kappa shape index (κ2) is 10.7. The van der Waals surface area contributed by atoms with Gasteiger partial charge >= 0.3 is 0 Å². The predicted octanol–water partition coefficient (Wildman–Crippen LogP) is 4.83. The van der Waals surface area contributed by atoms with Crippen LogP contribution in [0.1, 0.15) is 30.5 Å². The first-order chi connectivity index (χ1) is 14.8. The maximum atomic E-state index is 11.8. The van der Waals surface area contributed by atoms with Crippen molar-refractivity contribution < 1.29 is 28.3 Å². The number of phosphoric ester groups is 1. The fourth-order valence-corrected chi connectivity index (χ4v) is 3.90. The molecule has 0 radical (unpaired) electrons. The molecule has 0 bridgehead atoms. The molecule has 6 nitrogen and oxygen atoms in total. The molecule has 0 fully saturated rings. The van der Waals surface area contributed by atoms with E-state index in [9.17, 15) is 14.6 Å². The lowest BCUT2D eigenvalue weighted by molar-refractivity contribution is -0.229. The van der Waals surface area contributed by atoms with Crippen molar-refractivity contribution in [3.8, 4) is 16.9 Å². The second-order valence-electron chi connectivity index (χ2n) is 7.37. The molecule has 1 N–H and O–H groups in total. The summed E-state index contributed by atoms with van der Waals surface area (Å²) in [7, 11) is -4.33. The third-order valence-electron chi connectivity index (χ3n) is 4.42. The van der Waals surface area contributed by atoms with Gasteiger partial charge in [0.25, 0.3) is 7.82 Å².